The van der Waals surface area contributed by atoms with E-state index in [1.54, 1.807) is 0 Å². The highest BCUT2D eigenvalue weighted by Crippen LogP contribution is 2.50. The van der Waals surface area contributed by atoms with E-state index in [1.807, 2.05) is 0 Å². The van der Waals surface area contributed by atoms with E-state index in [4.69, 9.17) is 4.74 Å². The Balaban J connectivity index is 2.01. The van der Waals surface area contributed by atoms with Gasteiger partial charge in [0.2, 0.25) is 0 Å². The molecule has 0 bridgehead atoms. The van der Waals surface area contributed by atoms with Crippen molar-refractivity contribution in [1.29, 1.82) is 0 Å². The van der Waals surface area contributed by atoms with Crippen LogP contribution in [0.15, 0.2) is 53.4 Å². The molecule has 0 radical (unpaired) electrons. The lowest BCUT2D eigenvalue weighted by molar-refractivity contribution is 0.315. The number of benzene rings is 2. The van der Waals surface area contributed by atoms with Crippen molar-refractivity contribution < 1.29 is 4.74 Å². The van der Waals surface area contributed by atoms with Crippen LogP contribution in [0.2, 0.25) is 0 Å². The molecule has 2 aromatic rings. The lowest BCUT2D eigenvalue weighted by Crippen LogP contribution is -2.23. The molecule has 0 saturated carbocycles. The number of aryl methyl sites for hydroxylation is 1. The van der Waals surface area contributed by atoms with Gasteiger partial charge in [-0.2, -0.15) is 10.0 Å². The third-order valence-electron chi connectivity index (χ3n) is 4.65. The summed E-state index contributed by atoms with van der Waals surface area (Å²) in [5.74, 6) is 8.65. The second-order valence-corrected chi connectivity index (χ2v) is 11.7. The Morgan fingerprint density at radius 2 is 1.82 bits per heavy atom. The standard InChI is InChI=1S/C25H35NOS/c1-7-26(17-11-12-21(2)3)19-23-14-10-15-24(18-23)27-20-28(5,6)25-16-9-8-13-22(25)4/h8-10,13-16,18,21H,7,17,19-20H2,1-6H3. The first-order valence-corrected chi connectivity index (χ1v) is 12.6. The van der Waals surface area contributed by atoms with Crippen molar-refractivity contribution in [2.24, 2.45) is 5.92 Å². The van der Waals surface area contributed by atoms with E-state index in [1.165, 1.54) is 16.0 Å². The zero-order valence-corrected chi connectivity index (χ0v) is 19.1. The van der Waals surface area contributed by atoms with Crippen LogP contribution in [0.5, 0.6) is 5.75 Å². The minimum absolute atomic E-state index is 0.425. The quantitative estimate of drug-likeness (QED) is 0.511. The van der Waals surface area contributed by atoms with E-state index in [0.29, 0.717) is 5.92 Å². The van der Waals surface area contributed by atoms with Gasteiger partial charge in [0, 0.05) is 12.5 Å². The number of hydrogen-bond donors (Lipinski definition) is 0. The second-order valence-electron chi connectivity index (χ2n) is 7.99. The Kier molecular flexibility index (Phi) is 8.48. The minimum atomic E-state index is -1.00. The molecule has 0 aliphatic heterocycles. The monoisotopic (exact) mass is 397 g/mol. The molecule has 0 aromatic heterocycles. The first-order valence-electron chi connectivity index (χ1n) is 10.0. The van der Waals surface area contributed by atoms with Crippen molar-refractivity contribution in [3.8, 4) is 17.6 Å². The molecule has 2 nitrogen and oxygen atoms in total. The molecule has 0 amide bonds. The summed E-state index contributed by atoms with van der Waals surface area (Å²) in [6.07, 6.45) is 4.65. The molecule has 0 heterocycles. The maximum Gasteiger partial charge on any atom is 0.122 e. The van der Waals surface area contributed by atoms with Crippen molar-refractivity contribution in [2.75, 3.05) is 31.5 Å². The van der Waals surface area contributed by atoms with Crippen LogP contribution < -0.4 is 4.74 Å². The fourth-order valence-electron chi connectivity index (χ4n) is 3.09. The van der Waals surface area contributed by atoms with Gasteiger partial charge in [0.15, 0.2) is 0 Å². The summed E-state index contributed by atoms with van der Waals surface area (Å²) >= 11 is 0. The molecule has 152 valence electrons. The molecular formula is C25H35NOS. The highest BCUT2D eigenvalue weighted by atomic mass is 32.3. The van der Waals surface area contributed by atoms with Crippen LogP contribution in [-0.2, 0) is 6.54 Å². The molecule has 3 heteroatoms. The Labute approximate surface area is 173 Å². The Bertz CT molecular complexity index is 817. The average Bonchev–Trinajstić information content (AvgIpc) is 2.66. The molecule has 0 aliphatic carbocycles. The Morgan fingerprint density at radius 1 is 1.07 bits per heavy atom. The molecule has 0 atom stereocenters. The first-order chi connectivity index (χ1) is 13.3. The molecular weight excluding hydrogens is 362 g/mol. The maximum absolute atomic E-state index is 6.24. The summed E-state index contributed by atoms with van der Waals surface area (Å²) in [6.45, 7) is 11.3. The van der Waals surface area contributed by atoms with Gasteiger partial charge in [0.25, 0.3) is 0 Å². The lowest BCUT2D eigenvalue weighted by atomic mass is 10.2. The highest BCUT2D eigenvalue weighted by Gasteiger charge is 2.17. The Morgan fingerprint density at radius 3 is 2.50 bits per heavy atom. The van der Waals surface area contributed by atoms with Gasteiger partial charge in [-0.3, -0.25) is 4.90 Å². The molecule has 0 spiro atoms. The van der Waals surface area contributed by atoms with Crippen LogP contribution in [0.4, 0.5) is 0 Å². The van der Waals surface area contributed by atoms with Crippen molar-refractivity contribution >= 4 is 10.0 Å². The molecule has 0 saturated heterocycles. The van der Waals surface area contributed by atoms with Gasteiger partial charge in [-0.1, -0.05) is 62.9 Å². The summed E-state index contributed by atoms with van der Waals surface area (Å²) in [4.78, 5) is 3.78. The summed E-state index contributed by atoms with van der Waals surface area (Å²) < 4.78 is 6.24. The van der Waals surface area contributed by atoms with Crippen LogP contribution in [0, 0.1) is 24.7 Å². The minimum Gasteiger partial charge on any atom is -0.484 e. The largest absolute Gasteiger partial charge is 0.484 e. The molecule has 0 unspecified atom stereocenters. The van der Waals surface area contributed by atoms with Crippen molar-refractivity contribution in [2.45, 2.75) is 39.1 Å². The van der Waals surface area contributed by atoms with E-state index in [9.17, 15) is 0 Å². The van der Waals surface area contributed by atoms with Crippen LogP contribution in [0.25, 0.3) is 0 Å². The smallest absolute Gasteiger partial charge is 0.122 e. The van der Waals surface area contributed by atoms with Gasteiger partial charge in [0.1, 0.15) is 11.7 Å². The summed E-state index contributed by atoms with van der Waals surface area (Å²) in [6, 6.07) is 17.1. The van der Waals surface area contributed by atoms with Crippen LogP contribution in [-0.4, -0.2) is 36.4 Å². The van der Waals surface area contributed by atoms with Crippen molar-refractivity contribution in [3.63, 3.8) is 0 Å². The van der Waals surface area contributed by atoms with E-state index in [-0.39, 0.29) is 0 Å². The molecule has 2 rings (SSSR count). The van der Waals surface area contributed by atoms with Gasteiger partial charge >= 0.3 is 0 Å². The number of ether oxygens (including phenoxy) is 1. The van der Waals surface area contributed by atoms with E-state index in [0.717, 1.165) is 31.3 Å². The van der Waals surface area contributed by atoms with Crippen LogP contribution in [0.3, 0.4) is 0 Å². The number of rotatable bonds is 8. The van der Waals surface area contributed by atoms with Crippen molar-refractivity contribution in [3.05, 3.63) is 59.7 Å². The zero-order chi connectivity index (χ0) is 20.6. The van der Waals surface area contributed by atoms with Gasteiger partial charge < -0.3 is 4.74 Å². The van der Waals surface area contributed by atoms with E-state index in [2.05, 4.69) is 105 Å². The molecule has 0 N–H and O–H groups in total. The molecule has 2 aromatic carbocycles. The predicted octanol–water partition coefficient (Wildman–Crippen LogP) is 5.94. The third kappa shape index (κ3) is 6.93. The topological polar surface area (TPSA) is 12.5 Å². The zero-order valence-electron chi connectivity index (χ0n) is 18.3. The SMILES string of the molecule is CCN(CC#CC(C)C)Cc1cccc(OCS(C)(C)c2ccccc2C)c1. The normalized spacial score (nSPS) is 12.0. The summed E-state index contributed by atoms with van der Waals surface area (Å²) in [5.41, 5.74) is 2.62. The third-order valence-corrected chi connectivity index (χ3v) is 7.01. The second kappa shape index (κ2) is 10.6. The van der Waals surface area contributed by atoms with Crippen LogP contribution in [0.1, 0.15) is 31.9 Å². The lowest BCUT2D eigenvalue weighted by Gasteiger charge is -2.32. The van der Waals surface area contributed by atoms with Gasteiger partial charge in [-0.15, -0.1) is 0 Å². The molecule has 0 fully saturated rings. The summed E-state index contributed by atoms with van der Waals surface area (Å²) in [5, 5.41) is 0. The van der Waals surface area contributed by atoms with E-state index >= 15 is 0 Å². The van der Waals surface area contributed by atoms with Gasteiger partial charge in [-0.05, 0) is 60.2 Å². The first kappa shape index (κ1) is 22.4. The fourth-order valence-corrected chi connectivity index (χ4v) is 5.03. The van der Waals surface area contributed by atoms with Gasteiger partial charge in [-0.25, -0.2) is 0 Å². The molecule has 28 heavy (non-hydrogen) atoms. The predicted molar refractivity (Wildman–Crippen MR) is 124 cm³/mol. The molecule has 0 aliphatic rings. The highest BCUT2D eigenvalue weighted by molar-refractivity contribution is 8.32. The average molecular weight is 398 g/mol. The fraction of sp³-hybridized carbons (Fsp3) is 0.440. The van der Waals surface area contributed by atoms with Gasteiger partial charge in [0.05, 0.1) is 6.54 Å². The maximum atomic E-state index is 6.24. The van der Waals surface area contributed by atoms with Crippen molar-refractivity contribution in [1.82, 2.24) is 4.90 Å². The van der Waals surface area contributed by atoms with Crippen LogP contribution >= 0.6 is 10.0 Å². The van der Waals surface area contributed by atoms with E-state index < -0.39 is 10.0 Å². The Hall–Kier alpha value is -1.89. The number of hydrogen-bond acceptors (Lipinski definition) is 2. The summed E-state index contributed by atoms with van der Waals surface area (Å²) in [7, 11) is -1.00. The number of nitrogens with zero attached hydrogens (tertiary/aromatic N) is 1.